The van der Waals surface area contributed by atoms with Crippen LogP contribution in [0.4, 0.5) is 17.6 Å². The van der Waals surface area contributed by atoms with Crippen molar-refractivity contribution in [3.8, 4) is 5.75 Å². The Labute approximate surface area is 369 Å². The van der Waals surface area contributed by atoms with Gasteiger partial charge in [-0.2, -0.15) is 10.2 Å². The lowest BCUT2D eigenvalue weighted by Crippen LogP contribution is -2.34. The van der Waals surface area contributed by atoms with E-state index in [1.54, 1.807) is 50.7 Å². The Kier molecular flexibility index (Phi) is 13.0. The van der Waals surface area contributed by atoms with Crippen molar-refractivity contribution in [3.63, 3.8) is 0 Å². The minimum absolute atomic E-state index is 0.116. The molecule has 5 amide bonds. The fourth-order valence-electron chi connectivity index (χ4n) is 8.18. The first-order valence-electron chi connectivity index (χ1n) is 21.2. The molecule has 0 fully saturated rings. The number of ether oxygens (including phenoxy) is 1. The third-order valence-corrected chi connectivity index (χ3v) is 11.0. The van der Waals surface area contributed by atoms with Crippen molar-refractivity contribution in [1.29, 1.82) is 0 Å². The van der Waals surface area contributed by atoms with E-state index >= 15 is 0 Å². The van der Waals surface area contributed by atoms with Gasteiger partial charge in [0.15, 0.2) is 0 Å². The summed E-state index contributed by atoms with van der Waals surface area (Å²) in [6, 6.07) is 9.68. The fourth-order valence-corrected chi connectivity index (χ4v) is 8.18. The van der Waals surface area contributed by atoms with Crippen molar-refractivity contribution < 1.29 is 28.7 Å². The molecule has 6 aromatic rings. The highest BCUT2D eigenvalue weighted by molar-refractivity contribution is 6.06. The van der Waals surface area contributed by atoms with Gasteiger partial charge in [0.2, 0.25) is 29.6 Å². The van der Waals surface area contributed by atoms with Gasteiger partial charge < -0.3 is 40.5 Å². The fraction of sp³-hybridized carbons (Fsp3) is 0.419. The van der Waals surface area contributed by atoms with E-state index in [4.69, 9.17) is 26.2 Å². The summed E-state index contributed by atoms with van der Waals surface area (Å²) in [5, 5.41) is 17.8. The Morgan fingerprint density at radius 2 is 1.38 bits per heavy atom. The van der Waals surface area contributed by atoms with Gasteiger partial charge in [0.05, 0.1) is 52.8 Å². The molecule has 0 radical (unpaired) electrons. The van der Waals surface area contributed by atoms with Gasteiger partial charge in [-0.3, -0.25) is 44.0 Å². The molecule has 7 rings (SSSR count). The summed E-state index contributed by atoms with van der Waals surface area (Å²) in [6.07, 6.45) is 1.55. The van der Waals surface area contributed by atoms with Crippen LogP contribution >= 0.6 is 0 Å². The second-order valence-corrected chi connectivity index (χ2v) is 16.2. The molecule has 4 aromatic heterocycles. The van der Waals surface area contributed by atoms with Gasteiger partial charge in [0.25, 0.3) is 11.8 Å². The van der Waals surface area contributed by atoms with Crippen LogP contribution in [0.3, 0.4) is 0 Å². The van der Waals surface area contributed by atoms with Crippen LogP contribution in [0.15, 0.2) is 36.4 Å². The van der Waals surface area contributed by atoms with E-state index in [-0.39, 0.29) is 42.5 Å². The summed E-state index contributed by atoms with van der Waals surface area (Å²) in [5.74, 6) is -1.35. The summed E-state index contributed by atoms with van der Waals surface area (Å²) in [5.41, 5.74) is 17.0. The second kappa shape index (κ2) is 18.6. The molecular weight excluding hydrogens is 823 g/mol. The van der Waals surface area contributed by atoms with Crippen molar-refractivity contribution in [3.05, 3.63) is 70.3 Å². The summed E-state index contributed by atoms with van der Waals surface area (Å²) >= 11 is 0. The van der Waals surface area contributed by atoms with E-state index in [0.29, 0.717) is 109 Å². The number of carbonyl (C=O) groups is 5. The Balaban J connectivity index is 1.23. The van der Waals surface area contributed by atoms with Gasteiger partial charge in [-0.05, 0) is 97.5 Å². The molecule has 0 saturated carbocycles. The minimum Gasteiger partial charge on any atom is -0.491 e. The molecule has 64 heavy (non-hydrogen) atoms. The van der Waals surface area contributed by atoms with Gasteiger partial charge >= 0.3 is 0 Å². The number of aryl methyl sites for hydroxylation is 5. The summed E-state index contributed by atoms with van der Waals surface area (Å²) in [7, 11) is 5.55. The third kappa shape index (κ3) is 9.24. The monoisotopic (exact) mass is 877 g/mol. The molecule has 0 spiro atoms. The van der Waals surface area contributed by atoms with Gasteiger partial charge in [0.1, 0.15) is 22.7 Å². The van der Waals surface area contributed by atoms with E-state index in [1.165, 1.54) is 0 Å². The lowest BCUT2D eigenvalue weighted by atomic mass is 10.0. The molecule has 7 N–H and O–H groups in total. The summed E-state index contributed by atoms with van der Waals surface area (Å²) < 4.78 is 13.4. The van der Waals surface area contributed by atoms with E-state index in [1.807, 2.05) is 62.9 Å². The van der Waals surface area contributed by atoms with E-state index < -0.39 is 17.7 Å². The van der Waals surface area contributed by atoms with Crippen LogP contribution < -0.4 is 37.1 Å². The molecule has 1 aliphatic rings. The maximum absolute atomic E-state index is 13.9. The number of nitrogens with one attached hydrogen (secondary N) is 3. The molecule has 338 valence electrons. The molecule has 1 aliphatic heterocycles. The summed E-state index contributed by atoms with van der Waals surface area (Å²) in [4.78, 5) is 78.4. The number of benzene rings is 2. The Bertz CT molecular complexity index is 2780. The first-order valence-corrected chi connectivity index (χ1v) is 21.2. The largest absolute Gasteiger partial charge is 0.491 e. The van der Waals surface area contributed by atoms with Crippen LogP contribution in [0.1, 0.15) is 92.2 Å². The van der Waals surface area contributed by atoms with Crippen LogP contribution in [0, 0.1) is 13.8 Å². The van der Waals surface area contributed by atoms with Crippen LogP contribution in [0.5, 0.6) is 5.75 Å². The number of nitrogens with zero attached hydrogens (tertiary/aromatic N) is 10. The molecule has 21 heteroatoms. The highest BCUT2D eigenvalue weighted by atomic mass is 16.5. The second-order valence-electron chi connectivity index (χ2n) is 16.2. The van der Waals surface area contributed by atoms with Crippen molar-refractivity contribution in [1.82, 2.24) is 48.9 Å². The quantitative estimate of drug-likeness (QED) is 0.0736. The molecule has 0 bridgehead atoms. The standard InChI is InChI=1S/C43H55N15O6/c1-8-56-32(16-24(3)51-56)40(62)49-42-47-30-19-27(39(45)61)21-34(64-15-11-13-46-35(59)23-53(5)6)37(30)55(42)14-10-12-28-22-54(7)31-20-26(38(44)60)18-29-36(31)58(28)43(48-29)50-41(63)33-17-25(4)52-57(33)9-2/h16-21,28H,8-15,22-23H2,1-7H3,(H2,44,60)(H2,45,61)(H,46,59)(H,47,49,62)(H,48,50,63)/t28-/m0/s1. The zero-order valence-electron chi connectivity index (χ0n) is 37.2. The number of aromatic nitrogens is 8. The number of hydrogen-bond donors (Lipinski definition) is 5. The molecule has 0 saturated heterocycles. The van der Waals surface area contributed by atoms with Crippen molar-refractivity contribution in [2.75, 3.05) is 62.9 Å². The topological polar surface area (TPSA) is 260 Å². The van der Waals surface area contributed by atoms with Gasteiger partial charge in [0, 0.05) is 50.9 Å². The average Bonchev–Trinajstić information content (AvgIpc) is 4.01. The smallest absolute Gasteiger partial charge is 0.276 e. The lowest BCUT2D eigenvalue weighted by molar-refractivity contribution is -0.121. The number of carbonyl (C=O) groups excluding carboxylic acids is 5. The number of imidazole rings is 2. The van der Waals surface area contributed by atoms with Crippen molar-refractivity contribution in [2.45, 2.75) is 72.6 Å². The number of anilines is 3. The van der Waals surface area contributed by atoms with Gasteiger partial charge in [-0.15, -0.1) is 0 Å². The maximum Gasteiger partial charge on any atom is 0.276 e. The minimum atomic E-state index is -0.682. The molecular formula is C43H55N15O6. The molecule has 21 nitrogen and oxygen atoms in total. The van der Waals surface area contributed by atoms with Crippen LogP contribution in [0.25, 0.3) is 22.1 Å². The number of primary amides is 2. The first-order chi connectivity index (χ1) is 30.6. The average molecular weight is 878 g/mol. The molecule has 0 aliphatic carbocycles. The SMILES string of the molecule is CCn1nc(C)cc1C(=O)Nc1nc2cc(C(N)=O)cc(OCCCNC(=O)CN(C)C)c2n1CCC[C@H]1CN(C)c2cc(C(N)=O)cc3nc(NC(=O)c4cc(C)nn4CC)n1c23. The number of nitrogens with two attached hydrogens (primary N) is 2. The number of likely N-dealkylation sites (N-methyl/N-ethyl adjacent to an activating group) is 2. The zero-order valence-corrected chi connectivity index (χ0v) is 37.2. The van der Waals surface area contributed by atoms with E-state index in [2.05, 4.69) is 26.1 Å². The summed E-state index contributed by atoms with van der Waals surface area (Å²) in [6.45, 7) is 10.0. The molecule has 5 heterocycles. The molecule has 1 atom stereocenters. The van der Waals surface area contributed by atoms with Crippen molar-refractivity contribution >= 4 is 69.2 Å². The highest BCUT2D eigenvalue weighted by Crippen LogP contribution is 2.40. The Morgan fingerprint density at radius 3 is 1.97 bits per heavy atom. The van der Waals surface area contributed by atoms with Crippen LogP contribution in [0.2, 0.25) is 0 Å². The lowest BCUT2D eigenvalue weighted by Gasteiger charge is -2.34. The number of fused-ring (bicyclic) bond motifs is 1. The number of amides is 5. The molecule has 0 unspecified atom stereocenters. The van der Waals surface area contributed by atoms with Crippen molar-refractivity contribution in [2.24, 2.45) is 11.5 Å². The zero-order chi connectivity index (χ0) is 46.0. The predicted octanol–water partition coefficient (Wildman–Crippen LogP) is 3.06. The third-order valence-electron chi connectivity index (χ3n) is 11.0. The van der Waals surface area contributed by atoms with E-state index in [9.17, 15) is 24.0 Å². The normalized spacial score (nSPS) is 13.5. The van der Waals surface area contributed by atoms with Gasteiger partial charge in [-0.25, -0.2) is 9.97 Å². The first kappa shape index (κ1) is 44.8. The Morgan fingerprint density at radius 1 is 0.797 bits per heavy atom. The van der Waals surface area contributed by atoms with Gasteiger partial charge in [-0.1, -0.05) is 0 Å². The van der Waals surface area contributed by atoms with E-state index in [0.717, 1.165) is 11.2 Å². The maximum atomic E-state index is 13.9. The van der Waals surface area contributed by atoms with Crippen LogP contribution in [-0.4, -0.2) is 120 Å². The number of hydrogen-bond acceptors (Lipinski definition) is 12. The number of rotatable bonds is 19. The molecule has 2 aromatic carbocycles. The predicted molar refractivity (Wildman–Crippen MR) is 241 cm³/mol. The van der Waals surface area contributed by atoms with Crippen LogP contribution in [-0.2, 0) is 24.4 Å². The Hall–Kier alpha value is -7.29. The highest BCUT2D eigenvalue weighted by Gasteiger charge is 2.31.